The molecule has 0 saturated heterocycles. The van der Waals surface area contributed by atoms with E-state index in [0.29, 0.717) is 36.2 Å². The lowest BCUT2D eigenvalue weighted by atomic mass is 10.1. The summed E-state index contributed by atoms with van der Waals surface area (Å²) in [5, 5.41) is 3.65. The van der Waals surface area contributed by atoms with Crippen LogP contribution in [-0.2, 0) is 17.8 Å². The van der Waals surface area contributed by atoms with E-state index >= 15 is 0 Å². The zero-order valence-electron chi connectivity index (χ0n) is 15.4. The summed E-state index contributed by atoms with van der Waals surface area (Å²) in [5.41, 5.74) is 2.16. The SMILES string of the molecule is COc1ccc(CCNC(=O)CN(C)Cc2cccc(Cl)c2)cc1OC. The largest absolute Gasteiger partial charge is 0.493 e. The standard InChI is InChI=1S/C20H25ClN2O3/c1-23(13-16-5-4-6-17(21)11-16)14-20(24)22-10-9-15-7-8-18(25-2)19(12-15)26-3/h4-8,11-12H,9-10,13-14H2,1-3H3,(H,22,24). The Labute approximate surface area is 159 Å². The topological polar surface area (TPSA) is 50.8 Å². The highest BCUT2D eigenvalue weighted by atomic mass is 35.5. The normalized spacial score (nSPS) is 10.7. The summed E-state index contributed by atoms with van der Waals surface area (Å²) in [7, 11) is 5.13. The van der Waals surface area contributed by atoms with Gasteiger partial charge in [-0.3, -0.25) is 9.69 Å². The molecular weight excluding hydrogens is 352 g/mol. The summed E-state index contributed by atoms with van der Waals surface area (Å²) < 4.78 is 10.5. The Balaban J connectivity index is 1.76. The summed E-state index contributed by atoms with van der Waals surface area (Å²) in [6, 6.07) is 13.4. The van der Waals surface area contributed by atoms with Crippen LogP contribution < -0.4 is 14.8 Å². The van der Waals surface area contributed by atoms with Crippen LogP contribution in [0.15, 0.2) is 42.5 Å². The lowest BCUT2D eigenvalue weighted by Crippen LogP contribution is -2.35. The highest BCUT2D eigenvalue weighted by Gasteiger charge is 2.08. The summed E-state index contributed by atoms with van der Waals surface area (Å²) in [6.45, 7) is 1.57. The van der Waals surface area contributed by atoms with Crippen molar-refractivity contribution in [3.8, 4) is 11.5 Å². The molecule has 0 fully saturated rings. The zero-order valence-corrected chi connectivity index (χ0v) is 16.2. The van der Waals surface area contributed by atoms with Crippen LogP contribution in [0.3, 0.4) is 0 Å². The number of hydrogen-bond acceptors (Lipinski definition) is 4. The van der Waals surface area contributed by atoms with Crippen LogP contribution >= 0.6 is 11.6 Å². The van der Waals surface area contributed by atoms with Gasteiger partial charge in [-0.05, 0) is 48.9 Å². The van der Waals surface area contributed by atoms with Crippen molar-refractivity contribution in [1.29, 1.82) is 0 Å². The number of likely N-dealkylation sites (N-methyl/N-ethyl adjacent to an activating group) is 1. The van der Waals surface area contributed by atoms with Gasteiger partial charge in [-0.25, -0.2) is 0 Å². The molecule has 0 unspecified atom stereocenters. The van der Waals surface area contributed by atoms with Crippen LogP contribution in [0.25, 0.3) is 0 Å². The van der Waals surface area contributed by atoms with Crippen molar-refractivity contribution in [3.63, 3.8) is 0 Å². The first-order chi connectivity index (χ1) is 12.5. The van der Waals surface area contributed by atoms with Crippen LogP contribution in [0, 0.1) is 0 Å². The van der Waals surface area contributed by atoms with Crippen molar-refractivity contribution in [3.05, 3.63) is 58.6 Å². The minimum atomic E-state index is -0.00463. The Bertz CT molecular complexity index is 737. The van der Waals surface area contributed by atoms with Crippen LogP contribution in [0.4, 0.5) is 0 Å². The van der Waals surface area contributed by atoms with Crippen molar-refractivity contribution < 1.29 is 14.3 Å². The minimum absolute atomic E-state index is 0.00463. The molecule has 0 spiro atoms. The first kappa shape index (κ1) is 20.1. The van der Waals surface area contributed by atoms with Crippen molar-refractivity contribution >= 4 is 17.5 Å². The Morgan fingerprint density at radius 1 is 1.08 bits per heavy atom. The van der Waals surface area contributed by atoms with Crippen molar-refractivity contribution in [2.45, 2.75) is 13.0 Å². The van der Waals surface area contributed by atoms with Gasteiger partial charge < -0.3 is 14.8 Å². The van der Waals surface area contributed by atoms with E-state index in [-0.39, 0.29) is 5.91 Å². The first-order valence-electron chi connectivity index (χ1n) is 8.42. The number of rotatable bonds is 9. The number of amides is 1. The number of carbonyl (C=O) groups excluding carboxylic acids is 1. The molecule has 0 aliphatic carbocycles. The van der Waals surface area contributed by atoms with Gasteiger partial charge in [0.25, 0.3) is 0 Å². The summed E-state index contributed by atoms with van der Waals surface area (Å²) in [6.07, 6.45) is 0.726. The highest BCUT2D eigenvalue weighted by Crippen LogP contribution is 2.27. The molecule has 1 amide bonds. The van der Waals surface area contributed by atoms with Gasteiger partial charge in [0, 0.05) is 18.1 Å². The van der Waals surface area contributed by atoms with Crippen LogP contribution in [0.2, 0.25) is 5.02 Å². The van der Waals surface area contributed by atoms with E-state index in [1.807, 2.05) is 54.4 Å². The fraction of sp³-hybridized carbons (Fsp3) is 0.350. The molecule has 0 aliphatic heterocycles. The summed E-state index contributed by atoms with van der Waals surface area (Å²) in [5.74, 6) is 1.38. The van der Waals surface area contributed by atoms with Gasteiger partial charge in [-0.1, -0.05) is 29.8 Å². The Hall–Kier alpha value is -2.24. The van der Waals surface area contributed by atoms with E-state index in [1.165, 1.54) is 0 Å². The predicted molar refractivity (Wildman–Crippen MR) is 104 cm³/mol. The number of carbonyl (C=O) groups is 1. The van der Waals surface area contributed by atoms with Gasteiger partial charge >= 0.3 is 0 Å². The molecule has 6 heteroatoms. The average Bonchev–Trinajstić information content (AvgIpc) is 2.61. The van der Waals surface area contributed by atoms with Gasteiger partial charge in [-0.15, -0.1) is 0 Å². The lowest BCUT2D eigenvalue weighted by molar-refractivity contribution is -0.122. The monoisotopic (exact) mass is 376 g/mol. The minimum Gasteiger partial charge on any atom is -0.493 e. The quantitative estimate of drug-likeness (QED) is 0.730. The number of halogens is 1. The maximum atomic E-state index is 12.1. The Morgan fingerprint density at radius 2 is 1.85 bits per heavy atom. The van der Waals surface area contributed by atoms with Crippen molar-refractivity contribution in [2.75, 3.05) is 34.4 Å². The fourth-order valence-corrected chi connectivity index (χ4v) is 2.90. The molecule has 1 N–H and O–H groups in total. The Morgan fingerprint density at radius 3 is 2.54 bits per heavy atom. The number of nitrogens with one attached hydrogen (secondary N) is 1. The molecule has 2 rings (SSSR count). The number of benzene rings is 2. The predicted octanol–water partition coefficient (Wildman–Crippen LogP) is 3.15. The summed E-state index contributed by atoms with van der Waals surface area (Å²) >= 11 is 5.99. The number of nitrogens with zero attached hydrogens (tertiary/aromatic N) is 1. The first-order valence-corrected chi connectivity index (χ1v) is 8.80. The molecule has 140 valence electrons. The molecule has 0 bridgehead atoms. The average molecular weight is 377 g/mol. The van der Waals surface area contributed by atoms with Gasteiger partial charge in [-0.2, -0.15) is 0 Å². The molecule has 0 saturated carbocycles. The van der Waals surface area contributed by atoms with Gasteiger partial charge in [0.1, 0.15) is 0 Å². The highest BCUT2D eigenvalue weighted by molar-refractivity contribution is 6.30. The number of ether oxygens (including phenoxy) is 2. The van der Waals surface area contributed by atoms with Crippen LogP contribution in [0.5, 0.6) is 11.5 Å². The molecule has 5 nitrogen and oxygen atoms in total. The molecule has 26 heavy (non-hydrogen) atoms. The van der Waals surface area contributed by atoms with E-state index in [4.69, 9.17) is 21.1 Å². The van der Waals surface area contributed by atoms with Crippen molar-refractivity contribution in [1.82, 2.24) is 10.2 Å². The third kappa shape index (κ3) is 6.24. The number of methoxy groups -OCH3 is 2. The van der Waals surface area contributed by atoms with E-state index in [2.05, 4.69) is 5.32 Å². The maximum Gasteiger partial charge on any atom is 0.234 e. The van der Waals surface area contributed by atoms with Gasteiger partial charge in [0.2, 0.25) is 5.91 Å². The molecule has 2 aromatic rings. The Kier molecular flexibility index (Phi) is 7.75. The molecule has 0 atom stereocenters. The van der Waals surface area contributed by atoms with E-state index in [0.717, 1.165) is 17.5 Å². The van der Waals surface area contributed by atoms with E-state index in [9.17, 15) is 4.79 Å². The molecule has 2 aromatic carbocycles. The molecule has 0 aliphatic rings. The fourth-order valence-electron chi connectivity index (χ4n) is 2.69. The third-order valence-electron chi connectivity index (χ3n) is 3.94. The summed E-state index contributed by atoms with van der Waals surface area (Å²) in [4.78, 5) is 14.1. The van der Waals surface area contributed by atoms with Crippen LogP contribution in [0.1, 0.15) is 11.1 Å². The molecule has 0 radical (unpaired) electrons. The van der Waals surface area contributed by atoms with Gasteiger partial charge in [0.05, 0.1) is 20.8 Å². The maximum absolute atomic E-state index is 12.1. The second-order valence-corrected chi connectivity index (χ2v) is 6.53. The molecule has 0 heterocycles. The smallest absolute Gasteiger partial charge is 0.234 e. The van der Waals surface area contributed by atoms with Crippen molar-refractivity contribution in [2.24, 2.45) is 0 Å². The lowest BCUT2D eigenvalue weighted by Gasteiger charge is -2.16. The van der Waals surface area contributed by atoms with Crippen LogP contribution in [-0.4, -0.2) is 45.2 Å². The number of hydrogen-bond donors (Lipinski definition) is 1. The van der Waals surface area contributed by atoms with E-state index in [1.54, 1.807) is 14.2 Å². The molecular formula is C20H25ClN2O3. The van der Waals surface area contributed by atoms with E-state index < -0.39 is 0 Å². The second-order valence-electron chi connectivity index (χ2n) is 6.09. The third-order valence-corrected chi connectivity index (χ3v) is 4.17. The second kappa shape index (κ2) is 10.0. The molecule has 0 aromatic heterocycles. The van der Waals surface area contributed by atoms with Gasteiger partial charge in [0.15, 0.2) is 11.5 Å². The zero-order chi connectivity index (χ0) is 18.9.